The molecule has 4 nitrogen and oxygen atoms in total. The van der Waals surface area contributed by atoms with Gasteiger partial charge in [0.15, 0.2) is 0 Å². The summed E-state index contributed by atoms with van der Waals surface area (Å²) in [5, 5.41) is 8.54. The van der Waals surface area contributed by atoms with Crippen molar-refractivity contribution in [2.75, 3.05) is 5.33 Å². The summed E-state index contributed by atoms with van der Waals surface area (Å²) in [6.07, 6.45) is 0.448. The zero-order valence-electron chi connectivity index (χ0n) is 18.2. The third-order valence-electron chi connectivity index (χ3n) is 7.07. The molecule has 0 amide bonds. The first kappa shape index (κ1) is 23.0. The fraction of sp³-hybridized carbons (Fsp3) is 0.520. The molecule has 2 saturated heterocycles. The molecule has 0 spiro atoms. The van der Waals surface area contributed by atoms with E-state index in [9.17, 15) is 13.2 Å². The van der Waals surface area contributed by atoms with Crippen LogP contribution >= 0.6 is 15.9 Å². The van der Waals surface area contributed by atoms with E-state index in [4.69, 9.17) is 4.74 Å². The number of piperidine rings is 1. The van der Waals surface area contributed by atoms with Crippen LogP contribution in [-0.2, 0) is 12.1 Å². The highest BCUT2D eigenvalue weighted by Gasteiger charge is 2.53. The molecule has 2 heterocycles. The van der Waals surface area contributed by atoms with Crippen LogP contribution in [0.2, 0.25) is 0 Å². The van der Waals surface area contributed by atoms with E-state index in [2.05, 4.69) is 55.6 Å². The maximum Gasteiger partial charge on any atom is 0.573 e. The van der Waals surface area contributed by atoms with Crippen molar-refractivity contribution in [1.82, 2.24) is 10.6 Å². The molecule has 2 N–H and O–H groups in total. The molecule has 3 aliphatic rings. The summed E-state index contributed by atoms with van der Waals surface area (Å²) in [5.74, 6) is 0.941. The lowest BCUT2D eigenvalue weighted by Gasteiger charge is -2.43. The molecule has 5 rings (SSSR count). The molecule has 8 heteroatoms. The summed E-state index contributed by atoms with van der Waals surface area (Å²) in [7, 11) is 0. The zero-order valence-corrected chi connectivity index (χ0v) is 19.8. The van der Waals surface area contributed by atoms with E-state index < -0.39 is 6.36 Å². The van der Waals surface area contributed by atoms with Gasteiger partial charge in [-0.05, 0) is 61.8 Å². The van der Waals surface area contributed by atoms with E-state index >= 15 is 0 Å². The second kappa shape index (κ2) is 9.12. The predicted octanol–water partition coefficient (Wildman–Crippen LogP) is 5.65. The monoisotopic (exact) mass is 524 g/mol. The van der Waals surface area contributed by atoms with Gasteiger partial charge in [-0.15, -0.1) is 13.2 Å². The predicted molar refractivity (Wildman–Crippen MR) is 124 cm³/mol. The summed E-state index contributed by atoms with van der Waals surface area (Å²) in [4.78, 5) is 0. The topological polar surface area (TPSA) is 42.5 Å². The van der Waals surface area contributed by atoms with E-state index in [-0.39, 0.29) is 23.4 Å². The summed E-state index contributed by atoms with van der Waals surface area (Å²) in [6.45, 7) is 0.404. The van der Waals surface area contributed by atoms with Crippen molar-refractivity contribution in [2.24, 2.45) is 5.92 Å². The van der Waals surface area contributed by atoms with Crippen molar-refractivity contribution >= 4 is 15.9 Å². The number of halogens is 4. The van der Waals surface area contributed by atoms with Crippen LogP contribution in [0.5, 0.6) is 11.5 Å². The third-order valence-corrected chi connectivity index (χ3v) is 7.90. The molecule has 1 saturated carbocycles. The largest absolute Gasteiger partial charge is 0.573 e. The molecule has 2 aromatic rings. The minimum Gasteiger partial charge on any atom is -0.490 e. The number of alkyl halides is 4. The highest BCUT2D eigenvalue weighted by Crippen LogP contribution is 2.47. The van der Waals surface area contributed by atoms with Crippen LogP contribution in [0, 0.1) is 5.92 Å². The van der Waals surface area contributed by atoms with Crippen molar-refractivity contribution in [3.05, 3.63) is 59.7 Å². The van der Waals surface area contributed by atoms with E-state index in [1.54, 1.807) is 6.07 Å². The number of hydrogen-bond donors (Lipinski definition) is 2. The molecule has 0 unspecified atom stereocenters. The molecule has 2 aliphatic heterocycles. The minimum atomic E-state index is -4.72. The van der Waals surface area contributed by atoms with E-state index in [1.807, 2.05) is 6.07 Å². The Morgan fingerprint density at radius 3 is 2.55 bits per heavy atom. The van der Waals surface area contributed by atoms with Crippen LogP contribution in [0.3, 0.4) is 0 Å². The lowest BCUT2D eigenvalue weighted by atomic mass is 9.78. The van der Waals surface area contributed by atoms with Gasteiger partial charge in [0.05, 0.1) is 11.6 Å². The second-order valence-corrected chi connectivity index (χ2v) is 10.00. The summed E-state index contributed by atoms with van der Waals surface area (Å²) >= 11 is 3.69. The Morgan fingerprint density at radius 1 is 1.06 bits per heavy atom. The molecule has 0 aromatic heterocycles. The van der Waals surface area contributed by atoms with Gasteiger partial charge in [0.2, 0.25) is 0 Å². The Morgan fingerprint density at radius 2 is 1.85 bits per heavy atom. The van der Waals surface area contributed by atoms with E-state index in [0.29, 0.717) is 29.8 Å². The normalized spacial score (nSPS) is 29.2. The number of hydrogen-bond acceptors (Lipinski definition) is 4. The molecule has 178 valence electrons. The summed E-state index contributed by atoms with van der Waals surface area (Å²) in [6, 6.07) is 15.4. The van der Waals surface area contributed by atoms with Crippen molar-refractivity contribution < 1.29 is 22.6 Å². The Kier molecular flexibility index (Phi) is 6.35. The Labute approximate surface area is 200 Å². The third kappa shape index (κ3) is 5.03. The van der Waals surface area contributed by atoms with Gasteiger partial charge in [-0.25, -0.2) is 0 Å². The molecule has 1 aliphatic carbocycles. The first-order chi connectivity index (χ1) is 15.9. The molecule has 2 aromatic carbocycles. The van der Waals surface area contributed by atoms with Gasteiger partial charge in [-0.3, -0.25) is 0 Å². The smallest absolute Gasteiger partial charge is 0.490 e. The first-order valence-corrected chi connectivity index (χ1v) is 12.7. The van der Waals surface area contributed by atoms with Crippen LogP contribution in [0.1, 0.15) is 43.2 Å². The average molecular weight is 525 g/mol. The number of rotatable bonds is 8. The molecule has 3 fully saturated rings. The van der Waals surface area contributed by atoms with Gasteiger partial charge in [0, 0.05) is 29.5 Å². The van der Waals surface area contributed by atoms with Crippen molar-refractivity contribution in [2.45, 2.75) is 68.7 Å². The Hall–Kier alpha value is -1.77. The number of benzene rings is 2. The minimum absolute atomic E-state index is 0.140. The van der Waals surface area contributed by atoms with E-state index in [0.717, 1.165) is 37.4 Å². The van der Waals surface area contributed by atoms with Crippen LogP contribution in [0.25, 0.3) is 0 Å². The van der Waals surface area contributed by atoms with Gasteiger partial charge in [-0.2, -0.15) is 0 Å². The maximum absolute atomic E-state index is 12.8. The number of fused-ring (bicyclic) bond motifs is 2. The standard InChI is InChI=1S/C25H28BrF3N2O2/c26-14-17-13-24(18-4-2-1-3-5-18)23(11-9-21(17)31-24)30-15-16-12-20(33-25(27,28)29)8-10-22(16)32-19-6-7-19/h1-5,8,10,12,17,19,21,23,30-31H,6-7,9,11,13-15H2/t17-,21-,23+,24+/m0/s1. The van der Waals surface area contributed by atoms with Crippen molar-refractivity contribution in [1.29, 1.82) is 0 Å². The lowest BCUT2D eigenvalue weighted by Crippen LogP contribution is -2.58. The average Bonchev–Trinajstić information content (AvgIpc) is 3.56. The SMILES string of the molecule is FC(F)(F)Oc1ccc(OC2CC2)c(CN[C@@H]2CC[C@@H]3N[C@@]2(c2ccccc2)C[C@H]3CBr)c1. The highest BCUT2D eigenvalue weighted by molar-refractivity contribution is 9.09. The van der Waals surface area contributed by atoms with Gasteiger partial charge < -0.3 is 20.1 Å². The van der Waals surface area contributed by atoms with Gasteiger partial charge in [0.25, 0.3) is 0 Å². The van der Waals surface area contributed by atoms with Crippen LogP contribution in [-0.4, -0.2) is 29.9 Å². The zero-order chi connectivity index (χ0) is 23.1. The highest BCUT2D eigenvalue weighted by atomic mass is 79.9. The number of ether oxygens (including phenoxy) is 2. The molecule has 4 atom stereocenters. The van der Waals surface area contributed by atoms with Gasteiger partial charge >= 0.3 is 6.36 Å². The molecular formula is C25H28BrF3N2O2. The van der Waals surface area contributed by atoms with Crippen LogP contribution in [0.4, 0.5) is 13.2 Å². The Balaban J connectivity index is 1.39. The quantitative estimate of drug-likeness (QED) is 0.438. The molecule has 0 radical (unpaired) electrons. The Bertz CT molecular complexity index is 970. The summed E-state index contributed by atoms with van der Waals surface area (Å²) < 4.78 is 48.6. The van der Waals surface area contributed by atoms with Crippen molar-refractivity contribution in [3.63, 3.8) is 0 Å². The number of nitrogens with one attached hydrogen (secondary N) is 2. The van der Waals surface area contributed by atoms with Gasteiger partial charge in [0.1, 0.15) is 11.5 Å². The fourth-order valence-electron chi connectivity index (χ4n) is 5.39. The molecule has 2 bridgehead atoms. The van der Waals surface area contributed by atoms with Crippen LogP contribution in [0.15, 0.2) is 48.5 Å². The second-order valence-electron chi connectivity index (χ2n) is 9.35. The first-order valence-electron chi connectivity index (χ1n) is 11.5. The van der Waals surface area contributed by atoms with Crippen molar-refractivity contribution in [3.8, 4) is 11.5 Å². The maximum atomic E-state index is 12.8. The lowest BCUT2D eigenvalue weighted by molar-refractivity contribution is -0.274. The van der Waals surface area contributed by atoms with Crippen LogP contribution < -0.4 is 20.1 Å². The van der Waals surface area contributed by atoms with Gasteiger partial charge in [-0.1, -0.05) is 46.3 Å². The molecular weight excluding hydrogens is 497 g/mol. The fourth-order valence-corrected chi connectivity index (χ4v) is 6.07. The molecule has 33 heavy (non-hydrogen) atoms. The summed E-state index contributed by atoms with van der Waals surface area (Å²) in [5.41, 5.74) is 1.73. The van der Waals surface area contributed by atoms with E-state index in [1.165, 1.54) is 17.7 Å².